The van der Waals surface area contributed by atoms with Gasteiger partial charge in [0.2, 0.25) is 23.6 Å². The number of nitrogens with zero attached hydrogens (tertiary/aromatic N) is 3. The number of hydrogen-bond acceptors (Lipinski definition) is 12. The third kappa shape index (κ3) is 12.4. The van der Waals surface area contributed by atoms with Crippen molar-refractivity contribution in [3.63, 3.8) is 0 Å². The number of rotatable bonds is 19. The standard InChI is InChI=1S/C49H64N10O7/c1-6-7-8-9-10-32-11-14-38-35(25-32)29(2)43(30(3)55-38)47(62)57-39(17-18-50)49(64)59(5)44-34-13-16-42(66-24-21-53)37(28-34)36-26-33(12-15-41(36)65-23-20-52)27-40(46(61)54-22-19-51)58-45(60)31(4)56-48(44)63/h11-16,25-26,28,31,39-40,44H,6-10,17-18,20-24,27,50,52-53H2,1-5H3,(H,54,61)(H,56,63)(H,57,62)(H,58,60)/t31-,39-,40-,44-/m0/s1. The highest BCUT2D eigenvalue weighted by molar-refractivity contribution is 6.04. The van der Waals surface area contributed by atoms with Crippen molar-refractivity contribution >= 4 is 40.4 Å². The third-order valence-corrected chi connectivity index (χ3v) is 11.6. The number of aromatic nitrogens is 1. The topological polar surface area (TPSA) is 270 Å². The van der Waals surface area contributed by atoms with Crippen molar-refractivity contribution in [2.24, 2.45) is 17.2 Å². The number of amides is 5. The monoisotopic (exact) mass is 904 g/mol. The maximum atomic E-state index is 14.8. The summed E-state index contributed by atoms with van der Waals surface area (Å²) in [4.78, 5) is 76.9. The largest absolute Gasteiger partial charge is 0.492 e. The van der Waals surface area contributed by atoms with Crippen LogP contribution < -0.4 is 47.9 Å². The van der Waals surface area contributed by atoms with Crippen LogP contribution in [0.15, 0.2) is 54.6 Å². The summed E-state index contributed by atoms with van der Waals surface area (Å²) in [6.45, 7) is 7.68. The number of nitrogens with one attached hydrogen (secondary N) is 4. The lowest BCUT2D eigenvalue weighted by atomic mass is 9.93. The first-order valence-electron chi connectivity index (χ1n) is 22.6. The van der Waals surface area contributed by atoms with Crippen LogP contribution in [0.3, 0.4) is 0 Å². The Labute approximate surface area is 386 Å². The Hall–Kier alpha value is -6.61. The first-order chi connectivity index (χ1) is 31.8. The normalized spacial score (nSPS) is 16.5. The van der Waals surface area contributed by atoms with Crippen molar-refractivity contribution in [2.45, 2.75) is 96.8 Å². The fourth-order valence-corrected chi connectivity index (χ4v) is 8.23. The van der Waals surface area contributed by atoms with E-state index in [9.17, 15) is 29.2 Å². The summed E-state index contributed by atoms with van der Waals surface area (Å²) in [7, 11) is 1.44. The quantitative estimate of drug-likeness (QED) is 0.0529. The SMILES string of the molecule is CCCCCCc1ccc2nc(C)c(C(=O)N[C@@H](CCN)C(=O)N(C)[C@@H]3C(=O)N[C@@H](C)C(=O)N[C@H](C(=O)NCC#N)Cc4ccc(OCCN)c(c4)-c4cc3ccc4OCCN)c(C)c2c1. The second-order valence-corrected chi connectivity index (χ2v) is 16.5. The van der Waals surface area contributed by atoms with E-state index in [4.69, 9.17) is 31.7 Å². The smallest absolute Gasteiger partial charge is 0.254 e. The van der Waals surface area contributed by atoms with Crippen molar-refractivity contribution in [2.75, 3.05) is 46.4 Å². The van der Waals surface area contributed by atoms with Gasteiger partial charge in [0.05, 0.1) is 22.8 Å². The van der Waals surface area contributed by atoms with Gasteiger partial charge in [-0.25, -0.2) is 0 Å². The number of benzene rings is 3. The average Bonchev–Trinajstić information content (AvgIpc) is 3.30. The van der Waals surface area contributed by atoms with Crippen LogP contribution in [0.5, 0.6) is 11.5 Å². The molecule has 0 saturated carbocycles. The second-order valence-electron chi connectivity index (χ2n) is 16.5. The highest BCUT2D eigenvalue weighted by Gasteiger charge is 2.36. The van der Waals surface area contributed by atoms with Gasteiger partial charge in [-0.3, -0.25) is 29.0 Å². The molecule has 0 unspecified atom stereocenters. The van der Waals surface area contributed by atoms with Gasteiger partial charge in [0.25, 0.3) is 5.91 Å². The minimum atomic E-state index is -1.39. The first kappa shape index (κ1) is 50.4. The molecular weight excluding hydrogens is 841 g/mol. The summed E-state index contributed by atoms with van der Waals surface area (Å²) in [5, 5.41) is 20.9. The lowest BCUT2D eigenvalue weighted by Gasteiger charge is -2.32. The number of carbonyl (C=O) groups is 5. The summed E-state index contributed by atoms with van der Waals surface area (Å²) in [6, 6.07) is 13.3. The van der Waals surface area contributed by atoms with Gasteiger partial charge in [-0.1, -0.05) is 44.4 Å². The fourth-order valence-electron chi connectivity index (χ4n) is 8.23. The Bertz CT molecular complexity index is 2440. The van der Waals surface area contributed by atoms with Crippen LogP contribution >= 0.6 is 0 Å². The molecule has 352 valence electrons. The molecular formula is C49H64N10O7. The fraction of sp³-hybridized carbons (Fsp3) is 0.449. The molecule has 10 N–H and O–H groups in total. The molecule has 2 heterocycles. The number of unbranched alkanes of at least 4 members (excludes halogenated alkanes) is 3. The highest BCUT2D eigenvalue weighted by Crippen LogP contribution is 2.40. The Morgan fingerprint density at radius 1 is 0.909 bits per heavy atom. The van der Waals surface area contributed by atoms with E-state index in [1.54, 1.807) is 43.3 Å². The maximum Gasteiger partial charge on any atom is 0.254 e. The van der Waals surface area contributed by atoms with Gasteiger partial charge in [-0.2, -0.15) is 5.26 Å². The number of nitriles is 1. The summed E-state index contributed by atoms with van der Waals surface area (Å²) in [6.07, 6.45) is 5.45. The zero-order valence-electron chi connectivity index (χ0n) is 38.6. The molecule has 4 atom stereocenters. The summed E-state index contributed by atoms with van der Waals surface area (Å²) in [5.41, 5.74) is 23.2. The number of ether oxygens (including phenoxy) is 2. The molecule has 0 aliphatic carbocycles. The first-order valence-corrected chi connectivity index (χ1v) is 22.6. The van der Waals surface area contributed by atoms with E-state index in [0.29, 0.717) is 45.0 Å². The van der Waals surface area contributed by atoms with Crippen LogP contribution in [-0.2, 0) is 32.0 Å². The summed E-state index contributed by atoms with van der Waals surface area (Å²) in [5.74, 6) is -2.39. The Kier molecular flexibility index (Phi) is 18.4. The van der Waals surface area contributed by atoms with E-state index >= 15 is 0 Å². The molecule has 1 aliphatic heterocycles. The molecule has 0 radical (unpaired) electrons. The van der Waals surface area contributed by atoms with E-state index in [1.807, 2.05) is 19.1 Å². The zero-order chi connectivity index (χ0) is 47.9. The van der Waals surface area contributed by atoms with Crippen LogP contribution in [-0.4, -0.2) is 104 Å². The maximum absolute atomic E-state index is 14.8. The van der Waals surface area contributed by atoms with E-state index in [0.717, 1.165) is 47.7 Å². The van der Waals surface area contributed by atoms with E-state index < -0.39 is 53.7 Å². The van der Waals surface area contributed by atoms with Gasteiger partial charge in [0.1, 0.15) is 55.4 Å². The molecule has 3 aromatic carbocycles. The van der Waals surface area contributed by atoms with Crippen molar-refractivity contribution in [3.05, 3.63) is 88.1 Å². The molecule has 1 aliphatic rings. The van der Waals surface area contributed by atoms with Gasteiger partial charge in [0.15, 0.2) is 0 Å². The van der Waals surface area contributed by atoms with Gasteiger partial charge in [0, 0.05) is 43.1 Å². The molecule has 17 heteroatoms. The molecule has 5 rings (SSSR count). The van der Waals surface area contributed by atoms with Crippen molar-refractivity contribution in [1.29, 1.82) is 5.26 Å². The molecule has 66 heavy (non-hydrogen) atoms. The Balaban J connectivity index is 1.58. The van der Waals surface area contributed by atoms with Crippen LogP contribution in [0.2, 0.25) is 0 Å². The summed E-state index contributed by atoms with van der Waals surface area (Å²) < 4.78 is 12.2. The zero-order valence-corrected chi connectivity index (χ0v) is 38.6. The Morgan fingerprint density at radius 3 is 2.27 bits per heavy atom. The third-order valence-electron chi connectivity index (χ3n) is 11.6. The number of nitrogens with two attached hydrogens (primary N) is 3. The number of pyridine rings is 1. The van der Waals surface area contributed by atoms with Gasteiger partial charge in [-0.15, -0.1) is 0 Å². The van der Waals surface area contributed by atoms with Crippen LogP contribution in [0, 0.1) is 25.2 Å². The van der Waals surface area contributed by atoms with Crippen LogP contribution in [0.25, 0.3) is 22.0 Å². The van der Waals surface area contributed by atoms with Crippen molar-refractivity contribution in [1.82, 2.24) is 31.2 Å². The lowest BCUT2D eigenvalue weighted by Crippen LogP contribution is -2.56. The number of hydrogen-bond donors (Lipinski definition) is 7. The number of aryl methyl sites for hydroxylation is 3. The molecule has 4 bridgehead atoms. The van der Waals surface area contributed by atoms with E-state index in [1.165, 1.54) is 25.3 Å². The van der Waals surface area contributed by atoms with E-state index in [2.05, 4.69) is 40.3 Å². The van der Waals surface area contributed by atoms with Crippen molar-refractivity contribution < 1.29 is 33.4 Å². The van der Waals surface area contributed by atoms with Gasteiger partial charge < -0.3 is 52.8 Å². The number of carbonyl (C=O) groups excluding carboxylic acids is 5. The molecule has 0 fully saturated rings. The molecule has 1 aromatic heterocycles. The predicted molar refractivity (Wildman–Crippen MR) is 252 cm³/mol. The predicted octanol–water partition coefficient (Wildman–Crippen LogP) is 3.15. The second kappa shape index (κ2) is 24.1. The average molecular weight is 905 g/mol. The van der Waals surface area contributed by atoms with Gasteiger partial charge in [-0.05, 0) is 105 Å². The summed E-state index contributed by atoms with van der Waals surface area (Å²) >= 11 is 0. The highest BCUT2D eigenvalue weighted by atomic mass is 16.5. The van der Waals surface area contributed by atoms with Crippen LogP contribution in [0.1, 0.15) is 90.3 Å². The molecule has 4 aromatic rings. The molecule has 5 amide bonds. The van der Waals surface area contributed by atoms with Gasteiger partial charge >= 0.3 is 0 Å². The van der Waals surface area contributed by atoms with Crippen LogP contribution in [0.4, 0.5) is 0 Å². The minimum Gasteiger partial charge on any atom is -0.492 e. The lowest BCUT2D eigenvalue weighted by molar-refractivity contribution is -0.141. The molecule has 0 spiro atoms. The Morgan fingerprint density at radius 2 is 1.61 bits per heavy atom. The van der Waals surface area contributed by atoms with E-state index in [-0.39, 0.29) is 52.2 Å². The number of likely N-dealkylation sites (N-methyl/N-ethyl adjacent to an activating group) is 1. The number of fused-ring (bicyclic) bond motifs is 6. The van der Waals surface area contributed by atoms with Crippen molar-refractivity contribution in [3.8, 4) is 28.7 Å². The molecule has 17 nitrogen and oxygen atoms in total. The molecule has 0 saturated heterocycles. The minimum absolute atomic E-state index is 0.00904.